The van der Waals surface area contributed by atoms with E-state index >= 15 is 0 Å². The van der Waals surface area contributed by atoms with E-state index in [1.165, 1.54) is 28.9 Å². The van der Waals surface area contributed by atoms with E-state index in [0.29, 0.717) is 18.8 Å². The van der Waals surface area contributed by atoms with E-state index in [1.54, 1.807) is 18.0 Å². The van der Waals surface area contributed by atoms with E-state index in [-0.39, 0.29) is 29.2 Å². The number of halogens is 1. The molecule has 0 atom stereocenters. The summed E-state index contributed by atoms with van der Waals surface area (Å²) >= 11 is 1.18. The molecule has 2 aromatic carbocycles. The molecule has 0 unspecified atom stereocenters. The maximum absolute atomic E-state index is 13.4. The van der Waals surface area contributed by atoms with E-state index in [4.69, 9.17) is 0 Å². The van der Waals surface area contributed by atoms with Crippen LogP contribution >= 0.6 is 11.8 Å². The number of nitrogens with zero attached hydrogens (tertiary/aromatic N) is 2. The van der Waals surface area contributed by atoms with Gasteiger partial charge in [0, 0.05) is 18.8 Å². The summed E-state index contributed by atoms with van der Waals surface area (Å²) in [5, 5.41) is 5.81. The van der Waals surface area contributed by atoms with E-state index in [1.807, 2.05) is 30.3 Å². The second-order valence-corrected chi connectivity index (χ2v) is 9.23. The van der Waals surface area contributed by atoms with Crippen molar-refractivity contribution in [2.24, 2.45) is 0 Å². The number of hydrogen-bond acceptors (Lipinski definition) is 4. The normalized spacial score (nSPS) is 16.7. The van der Waals surface area contributed by atoms with Gasteiger partial charge < -0.3 is 5.32 Å². The third kappa shape index (κ3) is 4.65. The molecule has 3 amide bonds. The summed E-state index contributed by atoms with van der Waals surface area (Å²) < 4.78 is 13.4. The first-order valence-electron chi connectivity index (χ1n) is 10.7. The SMILES string of the molecule is Cc1ccc(F)cc1NC(=O)CSCC(=O)N1CCCN1C(=O)C1(c2ccccc2)CC1. The van der Waals surface area contributed by atoms with Crippen LogP contribution in [0.3, 0.4) is 0 Å². The zero-order valence-corrected chi connectivity index (χ0v) is 18.8. The van der Waals surface area contributed by atoms with E-state index in [9.17, 15) is 18.8 Å². The Kier molecular flexibility index (Phi) is 6.50. The number of amides is 3. The van der Waals surface area contributed by atoms with Crippen molar-refractivity contribution < 1.29 is 18.8 Å². The van der Waals surface area contributed by atoms with Crippen molar-refractivity contribution in [3.8, 4) is 0 Å². The summed E-state index contributed by atoms with van der Waals surface area (Å²) in [5.41, 5.74) is 1.68. The molecule has 1 saturated carbocycles. The average Bonchev–Trinajstić information content (AvgIpc) is 3.45. The highest BCUT2D eigenvalue weighted by atomic mass is 32.2. The second-order valence-electron chi connectivity index (χ2n) is 8.25. The Hall–Kier alpha value is -2.87. The quantitative estimate of drug-likeness (QED) is 0.694. The van der Waals surface area contributed by atoms with Crippen LogP contribution in [0.25, 0.3) is 0 Å². The van der Waals surface area contributed by atoms with Crippen LogP contribution in [0.2, 0.25) is 0 Å². The molecule has 2 aliphatic rings. The maximum Gasteiger partial charge on any atom is 0.251 e. The van der Waals surface area contributed by atoms with Gasteiger partial charge in [0.05, 0.1) is 16.9 Å². The standard InChI is InChI=1S/C24H26FN3O3S/c1-17-8-9-19(25)14-20(17)26-21(29)15-32-16-22(30)27-12-5-13-28(27)23(31)24(10-11-24)18-6-3-2-4-7-18/h2-4,6-9,14H,5,10-13,15-16H2,1H3,(H,26,29). The Morgan fingerprint density at radius 2 is 1.75 bits per heavy atom. The second kappa shape index (κ2) is 9.32. The third-order valence-electron chi connectivity index (χ3n) is 5.97. The molecule has 2 fully saturated rings. The van der Waals surface area contributed by atoms with E-state index < -0.39 is 11.2 Å². The van der Waals surface area contributed by atoms with Gasteiger partial charge in [0.2, 0.25) is 5.91 Å². The highest BCUT2D eigenvalue weighted by molar-refractivity contribution is 8.00. The van der Waals surface area contributed by atoms with Crippen LogP contribution in [0.15, 0.2) is 48.5 Å². The molecule has 0 spiro atoms. The summed E-state index contributed by atoms with van der Waals surface area (Å²) in [6.45, 7) is 2.82. The number of hydrazine groups is 1. The third-order valence-corrected chi connectivity index (χ3v) is 6.89. The van der Waals surface area contributed by atoms with E-state index in [0.717, 1.165) is 30.4 Å². The maximum atomic E-state index is 13.4. The minimum Gasteiger partial charge on any atom is -0.325 e. The first-order chi connectivity index (χ1) is 15.4. The first kappa shape index (κ1) is 22.3. The fourth-order valence-electron chi connectivity index (χ4n) is 4.06. The zero-order valence-electron chi connectivity index (χ0n) is 18.0. The Labute approximate surface area is 191 Å². The molecule has 0 bridgehead atoms. The summed E-state index contributed by atoms with van der Waals surface area (Å²) in [6.07, 6.45) is 2.33. The van der Waals surface area contributed by atoms with Crippen molar-refractivity contribution in [1.82, 2.24) is 10.0 Å². The van der Waals surface area contributed by atoms with Gasteiger partial charge in [-0.3, -0.25) is 24.4 Å². The highest BCUT2D eigenvalue weighted by Gasteiger charge is 2.54. The fourth-order valence-corrected chi connectivity index (χ4v) is 4.74. The van der Waals surface area contributed by atoms with Crippen LogP contribution in [0, 0.1) is 12.7 Å². The predicted molar refractivity (Wildman–Crippen MR) is 122 cm³/mol. The lowest BCUT2D eigenvalue weighted by molar-refractivity contribution is -0.158. The van der Waals surface area contributed by atoms with Crippen LogP contribution in [0.5, 0.6) is 0 Å². The van der Waals surface area contributed by atoms with Gasteiger partial charge in [-0.25, -0.2) is 4.39 Å². The van der Waals surface area contributed by atoms with Gasteiger partial charge in [-0.15, -0.1) is 11.8 Å². The number of nitrogens with one attached hydrogen (secondary N) is 1. The monoisotopic (exact) mass is 455 g/mol. The minimum atomic E-state index is -0.514. The summed E-state index contributed by atoms with van der Waals surface area (Å²) in [7, 11) is 0. The van der Waals surface area contributed by atoms with Gasteiger partial charge >= 0.3 is 0 Å². The molecule has 1 N–H and O–H groups in total. The molecule has 1 aliphatic carbocycles. The Balaban J connectivity index is 1.31. The first-order valence-corrected chi connectivity index (χ1v) is 11.9. The fraction of sp³-hybridized carbons (Fsp3) is 0.375. The number of rotatable bonds is 7. The van der Waals surface area contributed by atoms with Gasteiger partial charge in [-0.2, -0.15) is 0 Å². The van der Waals surface area contributed by atoms with Crippen LogP contribution in [-0.4, -0.2) is 52.3 Å². The van der Waals surface area contributed by atoms with Crippen molar-refractivity contribution in [3.05, 3.63) is 65.5 Å². The van der Waals surface area contributed by atoms with Gasteiger partial charge in [0.15, 0.2) is 0 Å². The van der Waals surface area contributed by atoms with Crippen molar-refractivity contribution in [1.29, 1.82) is 0 Å². The van der Waals surface area contributed by atoms with Gasteiger partial charge in [-0.1, -0.05) is 36.4 Å². The highest BCUT2D eigenvalue weighted by Crippen LogP contribution is 2.50. The van der Waals surface area contributed by atoms with Crippen molar-refractivity contribution in [2.75, 3.05) is 29.9 Å². The molecule has 0 aromatic heterocycles. The van der Waals surface area contributed by atoms with Crippen LogP contribution in [-0.2, 0) is 19.8 Å². The number of anilines is 1. The van der Waals surface area contributed by atoms with Gasteiger partial charge in [0.1, 0.15) is 5.82 Å². The molecular weight excluding hydrogens is 429 g/mol. The number of hydrogen-bond donors (Lipinski definition) is 1. The van der Waals surface area contributed by atoms with Crippen molar-refractivity contribution in [2.45, 2.75) is 31.6 Å². The molecule has 1 saturated heterocycles. The van der Waals surface area contributed by atoms with Crippen LogP contribution in [0.1, 0.15) is 30.4 Å². The van der Waals surface area contributed by atoms with Gasteiger partial charge in [0.25, 0.3) is 11.8 Å². The number of aryl methyl sites for hydroxylation is 1. The average molecular weight is 456 g/mol. The molecule has 1 aliphatic heterocycles. The lowest BCUT2D eigenvalue weighted by Gasteiger charge is -2.31. The molecule has 8 heteroatoms. The van der Waals surface area contributed by atoms with Crippen LogP contribution in [0.4, 0.5) is 10.1 Å². The van der Waals surface area contributed by atoms with Crippen LogP contribution < -0.4 is 5.32 Å². The summed E-state index contributed by atoms with van der Waals surface area (Å²) in [5.74, 6) is -0.753. The molecular formula is C24H26FN3O3S. The topological polar surface area (TPSA) is 69.7 Å². The van der Waals surface area contributed by atoms with E-state index in [2.05, 4.69) is 5.32 Å². The molecule has 32 heavy (non-hydrogen) atoms. The molecule has 1 heterocycles. The lowest BCUT2D eigenvalue weighted by Crippen LogP contribution is -2.49. The summed E-state index contributed by atoms with van der Waals surface area (Å²) in [6, 6.07) is 14.0. The largest absolute Gasteiger partial charge is 0.325 e. The molecule has 168 valence electrons. The predicted octanol–water partition coefficient (Wildman–Crippen LogP) is 3.51. The molecule has 4 rings (SSSR count). The minimum absolute atomic E-state index is 0.0149. The smallest absolute Gasteiger partial charge is 0.251 e. The number of thioether (sulfide) groups is 1. The number of carbonyl (C=O) groups is 3. The molecule has 6 nitrogen and oxygen atoms in total. The number of benzene rings is 2. The Morgan fingerprint density at radius 1 is 1.03 bits per heavy atom. The van der Waals surface area contributed by atoms with Crippen molar-refractivity contribution >= 4 is 35.2 Å². The molecule has 2 aromatic rings. The zero-order chi connectivity index (χ0) is 22.7. The van der Waals surface area contributed by atoms with Gasteiger partial charge in [-0.05, 0) is 49.4 Å². The lowest BCUT2D eigenvalue weighted by atomic mass is 9.95. The summed E-state index contributed by atoms with van der Waals surface area (Å²) in [4.78, 5) is 38.3. The molecule has 0 radical (unpaired) electrons. The Bertz CT molecular complexity index is 1030. The number of carbonyl (C=O) groups excluding carboxylic acids is 3. The van der Waals surface area contributed by atoms with Crippen molar-refractivity contribution in [3.63, 3.8) is 0 Å². The Morgan fingerprint density at radius 3 is 2.47 bits per heavy atom.